The molecular weight excluding hydrogens is 408 g/mol. The number of carbonyl (C=O) groups is 2. The Labute approximate surface area is 190 Å². The standard InChI is InChI=1S/C26H30N2O2.ClH/c29-24-9-5-7-21-16-19(10-11-22(21)24)17-25(30)26(18-28-14-3-4-15-28)23-8-2-1-6-20(23)12-13-27-26;/h1-2,6,8,10-11,16,27H,3-5,7,9,12-15,17-18H2;1H. The molecule has 2 aliphatic heterocycles. The Morgan fingerprint density at radius 3 is 2.61 bits per heavy atom. The third kappa shape index (κ3) is 4.21. The lowest BCUT2D eigenvalue weighted by Crippen LogP contribution is -2.59. The van der Waals surface area contributed by atoms with Crippen molar-refractivity contribution in [3.63, 3.8) is 0 Å². The molecule has 0 radical (unpaired) electrons. The van der Waals surface area contributed by atoms with E-state index in [1.165, 1.54) is 18.4 Å². The summed E-state index contributed by atoms with van der Waals surface area (Å²) in [5.41, 5.74) is 4.79. The molecule has 5 heteroatoms. The van der Waals surface area contributed by atoms with Crippen molar-refractivity contribution >= 4 is 24.0 Å². The molecule has 1 aliphatic carbocycles. The summed E-state index contributed by atoms with van der Waals surface area (Å²) in [6, 6.07) is 14.5. The summed E-state index contributed by atoms with van der Waals surface area (Å²) in [5, 5.41) is 3.66. The molecule has 0 amide bonds. The van der Waals surface area contributed by atoms with E-state index in [0.29, 0.717) is 12.8 Å². The van der Waals surface area contributed by atoms with Crippen molar-refractivity contribution in [1.82, 2.24) is 10.2 Å². The predicted molar refractivity (Wildman–Crippen MR) is 125 cm³/mol. The maximum atomic E-state index is 13.9. The second-order valence-corrected chi connectivity index (χ2v) is 9.09. The molecule has 31 heavy (non-hydrogen) atoms. The highest BCUT2D eigenvalue weighted by molar-refractivity contribution is 5.99. The molecule has 164 valence electrons. The molecule has 1 atom stereocenters. The number of hydrogen-bond donors (Lipinski definition) is 1. The number of nitrogens with one attached hydrogen (secondary N) is 1. The second kappa shape index (κ2) is 9.23. The molecule has 4 nitrogen and oxygen atoms in total. The van der Waals surface area contributed by atoms with Gasteiger partial charge in [0.15, 0.2) is 11.6 Å². The fourth-order valence-corrected chi connectivity index (χ4v) is 5.56. The SMILES string of the molecule is Cl.O=C1CCCc2cc(CC(=O)C3(CN4CCCC4)NCCc4ccccc43)ccc21. The zero-order chi connectivity index (χ0) is 20.6. The lowest BCUT2D eigenvalue weighted by Gasteiger charge is -2.41. The van der Waals surface area contributed by atoms with E-state index < -0.39 is 5.54 Å². The zero-order valence-electron chi connectivity index (χ0n) is 18.0. The number of benzene rings is 2. The number of carbonyl (C=O) groups excluding carboxylic acids is 2. The van der Waals surface area contributed by atoms with Gasteiger partial charge in [0.2, 0.25) is 0 Å². The third-order valence-corrected chi connectivity index (χ3v) is 7.12. The smallest absolute Gasteiger partial charge is 0.163 e. The normalized spacial score (nSPS) is 23.0. The van der Waals surface area contributed by atoms with Crippen LogP contribution in [0, 0.1) is 0 Å². The Hall–Kier alpha value is -2.01. The fourth-order valence-electron chi connectivity index (χ4n) is 5.56. The van der Waals surface area contributed by atoms with E-state index in [1.807, 2.05) is 12.1 Å². The number of halogens is 1. The van der Waals surface area contributed by atoms with Crippen molar-refractivity contribution < 1.29 is 9.59 Å². The maximum Gasteiger partial charge on any atom is 0.163 e. The van der Waals surface area contributed by atoms with Gasteiger partial charge in [0.25, 0.3) is 0 Å². The number of rotatable bonds is 5. The molecule has 1 saturated heterocycles. The quantitative estimate of drug-likeness (QED) is 0.769. The third-order valence-electron chi connectivity index (χ3n) is 7.12. The summed E-state index contributed by atoms with van der Waals surface area (Å²) in [6.45, 7) is 3.71. The van der Waals surface area contributed by atoms with Crippen LogP contribution in [0.2, 0.25) is 0 Å². The summed E-state index contributed by atoms with van der Waals surface area (Å²) in [4.78, 5) is 28.5. The average Bonchev–Trinajstić information content (AvgIpc) is 3.27. The van der Waals surface area contributed by atoms with Gasteiger partial charge in [0, 0.05) is 31.5 Å². The molecule has 2 aromatic carbocycles. The van der Waals surface area contributed by atoms with Crippen molar-refractivity contribution in [2.45, 2.75) is 50.5 Å². The summed E-state index contributed by atoms with van der Waals surface area (Å²) >= 11 is 0. The van der Waals surface area contributed by atoms with Gasteiger partial charge in [-0.15, -0.1) is 12.4 Å². The molecule has 2 aromatic rings. The maximum absolute atomic E-state index is 13.9. The number of likely N-dealkylation sites (tertiary alicyclic amines) is 1. The van der Waals surface area contributed by atoms with E-state index in [0.717, 1.165) is 67.7 Å². The van der Waals surface area contributed by atoms with Crippen LogP contribution in [-0.2, 0) is 29.6 Å². The van der Waals surface area contributed by atoms with E-state index in [-0.39, 0.29) is 24.0 Å². The van der Waals surface area contributed by atoms with E-state index >= 15 is 0 Å². The molecule has 1 N–H and O–H groups in total. The first kappa shape index (κ1) is 22.2. The number of aryl methyl sites for hydroxylation is 1. The highest BCUT2D eigenvalue weighted by Gasteiger charge is 2.44. The number of nitrogens with zero attached hydrogens (tertiary/aromatic N) is 1. The van der Waals surface area contributed by atoms with Gasteiger partial charge < -0.3 is 4.90 Å². The van der Waals surface area contributed by atoms with E-state index in [4.69, 9.17) is 0 Å². The molecule has 0 spiro atoms. The van der Waals surface area contributed by atoms with Crippen LogP contribution in [0.15, 0.2) is 42.5 Å². The highest BCUT2D eigenvalue weighted by Crippen LogP contribution is 2.33. The Morgan fingerprint density at radius 1 is 0.968 bits per heavy atom. The van der Waals surface area contributed by atoms with Crippen LogP contribution in [0.1, 0.15) is 58.3 Å². The largest absolute Gasteiger partial charge is 0.301 e. The lowest BCUT2D eigenvalue weighted by molar-refractivity contribution is -0.126. The van der Waals surface area contributed by atoms with Crippen molar-refractivity contribution in [3.05, 3.63) is 70.3 Å². The molecule has 1 unspecified atom stereocenters. The van der Waals surface area contributed by atoms with Crippen molar-refractivity contribution in [1.29, 1.82) is 0 Å². The van der Waals surface area contributed by atoms with Crippen LogP contribution >= 0.6 is 12.4 Å². The minimum absolute atomic E-state index is 0. The van der Waals surface area contributed by atoms with Crippen molar-refractivity contribution in [2.24, 2.45) is 0 Å². The first-order chi connectivity index (χ1) is 14.7. The minimum atomic E-state index is -0.648. The molecule has 5 rings (SSSR count). The monoisotopic (exact) mass is 438 g/mol. The molecule has 3 aliphatic rings. The van der Waals surface area contributed by atoms with Gasteiger partial charge in [-0.2, -0.15) is 0 Å². The van der Waals surface area contributed by atoms with Gasteiger partial charge in [-0.3, -0.25) is 14.9 Å². The van der Waals surface area contributed by atoms with Gasteiger partial charge in [-0.05, 0) is 67.4 Å². The van der Waals surface area contributed by atoms with E-state index in [2.05, 4.69) is 40.5 Å². The predicted octanol–water partition coefficient (Wildman–Crippen LogP) is 3.88. The van der Waals surface area contributed by atoms with Crippen LogP contribution in [0.25, 0.3) is 0 Å². The average molecular weight is 439 g/mol. The molecule has 0 saturated carbocycles. The van der Waals surface area contributed by atoms with Crippen molar-refractivity contribution in [3.8, 4) is 0 Å². The van der Waals surface area contributed by atoms with Crippen LogP contribution in [0.3, 0.4) is 0 Å². The highest BCUT2D eigenvalue weighted by atomic mass is 35.5. The number of Topliss-reactive ketones (excluding diaryl/α,β-unsaturated/α-hetero) is 2. The molecule has 0 bridgehead atoms. The summed E-state index contributed by atoms with van der Waals surface area (Å²) in [6.07, 6.45) is 6.28. The Bertz CT molecular complexity index is 983. The Kier molecular flexibility index (Phi) is 6.61. The van der Waals surface area contributed by atoms with Gasteiger partial charge in [0.05, 0.1) is 0 Å². The van der Waals surface area contributed by atoms with Crippen LogP contribution in [0.4, 0.5) is 0 Å². The number of fused-ring (bicyclic) bond motifs is 2. The van der Waals surface area contributed by atoms with Crippen LogP contribution in [-0.4, -0.2) is 42.6 Å². The van der Waals surface area contributed by atoms with E-state index in [1.54, 1.807) is 0 Å². The summed E-state index contributed by atoms with van der Waals surface area (Å²) in [7, 11) is 0. The zero-order valence-corrected chi connectivity index (χ0v) is 18.8. The van der Waals surface area contributed by atoms with E-state index in [9.17, 15) is 9.59 Å². The first-order valence-electron chi connectivity index (χ1n) is 11.4. The lowest BCUT2D eigenvalue weighted by atomic mass is 9.76. The van der Waals surface area contributed by atoms with Gasteiger partial charge >= 0.3 is 0 Å². The summed E-state index contributed by atoms with van der Waals surface area (Å²) in [5.74, 6) is 0.478. The van der Waals surface area contributed by atoms with Gasteiger partial charge in [-0.1, -0.05) is 42.5 Å². The first-order valence-corrected chi connectivity index (χ1v) is 11.4. The minimum Gasteiger partial charge on any atom is -0.301 e. The Morgan fingerprint density at radius 2 is 1.77 bits per heavy atom. The topological polar surface area (TPSA) is 49.4 Å². The van der Waals surface area contributed by atoms with Gasteiger partial charge in [0.1, 0.15) is 5.54 Å². The van der Waals surface area contributed by atoms with Crippen molar-refractivity contribution in [2.75, 3.05) is 26.2 Å². The molecule has 2 heterocycles. The molecular formula is C26H31ClN2O2. The number of hydrogen-bond acceptors (Lipinski definition) is 4. The Balaban J connectivity index is 0.00000231. The number of ketones is 2. The fraction of sp³-hybridized carbons (Fsp3) is 0.462. The van der Waals surface area contributed by atoms with Gasteiger partial charge in [-0.25, -0.2) is 0 Å². The molecule has 0 aromatic heterocycles. The van der Waals surface area contributed by atoms with Crippen LogP contribution < -0.4 is 5.32 Å². The summed E-state index contributed by atoms with van der Waals surface area (Å²) < 4.78 is 0. The van der Waals surface area contributed by atoms with Crippen LogP contribution in [0.5, 0.6) is 0 Å². The second-order valence-electron chi connectivity index (χ2n) is 9.09. The molecule has 1 fully saturated rings.